The molecular weight excluding hydrogens is 248 g/mol. The molecule has 1 fully saturated rings. The lowest BCUT2D eigenvalue weighted by atomic mass is 10.1. The Morgan fingerprint density at radius 1 is 1.20 bits per heavy atom. The molecule has 1 aliphatic rings. The molecule has 0 radical (unpaired) electrons. The minimum absolute atomic E-state index is 0.375. The smallest absolute Gasteiger partial charge is 0.0644 e. The highest BCUT2D eigenvalue weighted by atomic mass is 15.3. The molecule has 0 spiro atoms. The van der Waals surface area contributed by atoms with Crippen LogP contribution < -0.4 is 5.32 Å². The van der Waals surface area contributed by atoms with E-state index in [-0.39, 0.29) is 0 Å². The summed E-state index contributed by atoms with van der Waals surface area (Å²) in [6.07, 6.45) is 2.72. The number of hydrogen-bond donors (Lipinski definition) is 1. The van der Waals surface area contributed by atoms with Crippen LogP contribution >= 0.6 is 0 Å². The number of nitrogens with one attached hydrogen (secondary N) is 1. The molecule has 20 heavy (non-hydrogen) atoms. The highest BCUT2D eigenvalue weighted by molar-refractivity contribution is 5.27. The molecule has 1 aliphatic heterocycles. The van der Waals surface area contributed by atoms with Crippen LogP contribution in [0.3, 0.4) is 0 Å². The van der Waals surface area contributed by atoms with Gasteiger partial charge in [-0.05, 0) is 60.5 Å². The third-order valence-electron chi connectivity index (χ3n) is 4.65. The molecule has 2 atom stereocenters. The first-order valence-electron chi connectivity index (χ1n) is 8.06. The zero-order valence-electron chi connectivity index (χ0n) is 13.7. The molecule has 4 nitrogen and oxygen atoms in total. The molecule has 0 aromatic carbocycles. The van der Waals surface area contributed by atoms with E-state index < -0.39 is 0 Å². The Balaban J connectivity index is 1.94. The zero-order valence-corrected chi connectivity index (χ0v) is 13.7. The van der Waals surface area contributed by atoms with Gasteiger partial charge >= 0.3 is 0 Å². The van der Waals surface area contributed by atoms with Gasteiger partial charge in [-0.15, -0.1) is 0 Å². The van der Waals surface area contributed by atoms with Crippen molar-refractivity contribution in [2.75, 3.05) is 19.6 Å². The molecule has 0 amide bonds. The highest BCUT2D eigenvalue weighted by Gasteiger charge is 2.20. The molecule has 2 heterocycles. The fourth-order valence-electron chi connectivity index (χ4n) is 3.41. The van der Waals surface area contributed by atoms with Crippen LogP contribution in [0.5, 0.6) is 0 Å². The van der Waals surface area contributed by atoms with Crippen molar-refractivity contribution >= 4 is 0 Å². The van der Waals surface area contributed by atoms with E-state index in [4.69, 9.17) is 0 Å². The quantitative estimate of drug-likeness (QED) is 0.868. The van der Waals surface area contributed by atoms with Gasteiger partial charge in [-0.25, -0.2) is 0 Å². The lowest BCUT2D eigenvalue weighted by Crippen LogP contribution is -2.39. The van der Waals surface area contributed by atoms with E-state index in [1.54, 1.807) is 0 Å². The Bertz CT molecular complexity index is 432. The van der Waals surface area contributed by atoms with Gasteiger partial charge < -0.3 is 5.32 Å². The number of rotatable bonds is 6. The average molecular weight is 278 g/mol. The number of aromatic nitrogens is 2. The van der Waals surface area contributed by atoms with Gasteiger partial charge in [-0.2, -0.15) is 5.10 Å². The summed E-state index contributed by atoms with van der Waals surface area (Å²) in [4.78, 5) is 2.59. The Morgan fingerprint density at radius 2 is 1.85 bits per heavy atom. The first kappa shape index (κ1) is 15.5. The van der Waals surface area contributed by atoms with Crippen LogP contribution in [0.2, 0.25) is 0 Å². The van der Waals surface area contributed by atoms with Crippen LogP contribution in [0.25, 0.3) is 0 Å². The third kappa shape index (κ3) is 3.23. The second-order valence-electron chi connectivity index (χ2n) is 6.12. The standard InChI is InChI=1S/C16H30N4/c1-6-20-15(5)16(14(4)18-20)13(3)17-11-12(2)19-9-7-8-10-19/h12-13,17H,6-11H2,1-5H3. The summed E-state index contributed by atoms with van der Waals surface area (Å²) in [5.74, 6) is 0. The first-order valence-corrected chi connectivity index (χ1v) is 8.06. The van der Waals surface area contributed by atoms with Crippen molar-refractivity contribution < 1.29 is 0 Å². The van der Waals surface area contributed by atoms with Crippen molar-refractivity contribution in [3.63, 3.8) is 0 Å². The van der Waals surface area contributed by atoms with Crippen LogP contribution in [0, 0.1) is 13.8 Å². The predicted molar refractivity (Wildman–Crippen MR) is 84.1 cm³/mol. The summed E-state index contributed by atoms with van der Waals surface area (Å²) in [6.45, 7) is 15.6. The fraction of sp³-hybridized carbons (Fsp3) is 0.812. The monoisotopic (exact) mass is 278 g/mol. The van der Waals surface area contributed by atoms with Gasteiger partial charge in [0, 0.05) is 36.4 Å². The minimum atomic E-state index is 0.375. The van der Waals surface area contributed by atoms with Crippen molar-refractivity contribution in [1.29, 1.82) is 0 Å². The van der Waals surface area contributed by atoms with Gasteiger partial charge in [0.25, 0.3) is 0 Å². The maximum absolute atomic E-state index is 4.62. The normalized spacial score (nSPS) is 19.4. The van der Waals surface area contributed by atoms with Gasteiger partial charge in [0.2, 0.25) is 0 Å². The Labute approximate surface area is 123 Å². The Morgan fingerprint density at radius 3 is 2.40 bits per heavy atom. The van der Waals surface area contributed by atoms with Gasteiger partial charge in [0.1, 0.15) is 0 Å². The number of aryl methyl sites for hydroxylation is 2. The molecule has 2 rings (SSSR count). The molecule has 0 saturated carbocycles. The second-order valence-corrected chi connectivity index (χ2v) is 6.12. The summed E-state index contributed by atoms with van der Waals surface area (Å²) < 4.78 is 2.10. The molecule has 1 N–H and O–H groups in total. The van der Waals surface area contributed by atoms with Crippen molar-refractivity contribution in [2.24, 2.45) is 0 Å². The van der Waals surface area contributed by atoms with Crippen LogP contribution in [0.15, 0.2) is 0 Å². The molecular formula is C16H30N4. The Hall–Kier alpha value is -0.870. The van der Waals surface area contributed by atoms with E-state index in [0.717, 1.165) is 18.8 Å². The van der Waals surface area contributed by atoms with Crippen LogP contribution in [-0.2, 0) is 6.54 Å². The van der Waals surface area contributed by atoms with Gasteiger partial charge in [0.15, 0.2) is 0 Å². The van der Waals surface area contributed by atoms with Gasteiger partial charge in [-0.1, -0.05) is 0 Å². The minimum Gasteiger partial charge on any atom is -0.309 e. The van der Waals surface area contributed by atoms with E-state index in [2.05, 4.69) is 54.6 Å². The molecule has 0 bridgehead atoms. The number of nitrogens with zero attached hydrogens (tertiary/aromatic N) is 3. The lowest BCUT2D eigenvalue weighted by molar-refractivity contribution is 0.247. The van der Waals surface area contributed by atoms with E-state index in [0.29, 0.717) is 12.1 Å². The number of hydrogen-bond acceptors (Lipinski definition) is 3. The first-order chi connectivity index (χ1) is 9.54. The van der Waals surface area contributed by atoms with Crippen LogP contribution in [0.4, 0.5) is 0 Å². The number of likely N-dealkylation sites (tertiary alicyclic amines) is 1. The van der Waals surface area contributed by atoms with Gasteiger partial charge in [-0.3, -0.25) is 9.58 Å². The predicted octanol–water partition coefficient (Wildman–Crippen LogP) is 2.65. The summed E-state index contributed by atoms with van der Waals surface area (Å²) in [7, 11) is 0. The molecule has 1 saturated heterocycles. The Kier molecular flexibility index (Phi) is 5.22. The largest absolute Gasteiger partial charge is 0.309 e. The van der Waals surface area contributed by atoms with E-state index in [1.807, 2.05) is 0 Å². The molecule has 1 aromatic rings. The molecule has 0 aliphatic carbocycles. The topological polar surface area (TPSA) is 33.1 Å². The van der Waals surface area contributed by atoms with Crippen molar-refractivity contribution in [2.45, 2.75) is 66.1 Å². The van der Waals surface area contributed by atoms with Crippen molar-refractivity contribution in [3.05, 3.63) is 17.0 Å². The van der Waals surface area contributed by atoms with Crippen LogP contribution in [-0.4, -0.2) is 40.4 Å². The second kappa shape index (κ2) is 6.72. The zero-order chi connectivity index (χ0) is 14.7. The molecule has 114 valence electrons. The van der Waals surface area contributed by atoms with E-state index >= 15 is 0 Å². The third-order valence-corrected chi connectivity index (χ3v) is 4.65. The summed E-state index contributed by atoms with van der Waals surface area (Å²) in [6, 6.07) is 1.00. The summed E-state index contributed by atoms with van der Waals surface area (Å²) >= 11 is 0. The molecule has 2 unspecified atom stereocenters. The summed E-state index contributed by atoms with van der Waals surface area (Å²) in [5, 5.41) is 8.32. The van der Waals surface area contributed by atoms with Crippen molar-refractivity contribution in [1.82, 2.24) is 20.0 Å². The SMILES string of the molecule is CCn1nc(C)c(C(C)NCC(C)N2CCCC2)c1C. The maximum Gasteiger partial charge on any atom is 0.0644 e. The fourth-order valence-corrected chi connectivity index (χ4v) is 3.41. The average Bonchev–Trinajstić information content (AvgIpc) is 3.04. The molecule has 4 heteroatoms. The summed E-state index contributed by atoms with van der Waals surface area (Å²) in [5.41, 5.74) is 3.84. The highest BCUT2D eigenvalue weighted by Crippen LogP contribution is 2.21. The molecule has 1 aromatic heterocycles. The van der Waals surface area contributed by atoms with E-state index in [9.17, 15) is 0 Å². The van der Waals surface area contributed by atoms with E-state index in [1.165, 1.54) is 37.2 Å². The van der Waals surface area contributed by atoms with Crippen molar-refractivity contribution in [3.8, 4) is 0 Å². The van der Waals surface area contributed by atoms with Gasteiger partial charge in [0.05, 0.1) is 5.69 Å². The lowest BCUT2D eigenvalue weighted by Gasteiger charge is -2.26. The maximum atomic E-state index is 4.62. The van der Waals surface area contributed by atoms with Crippen LogP contribution in [0.1, 0.15) is 56.6 Å².